The first-order valence-electron chi connectivity index (χ1n) is 10.4. The molecule has 3 aromatic heterocycles. The quantitative estimate of drug-likeness (QED) is 0.309. The van der Waals surface area contributed by atoms with Crippen molar-refractivity contribution in [3.8, 4) is 23.0 Å². The molecule has 34 heavy (non-hydrogen) atoms. The number of aromatic nitrogens is 3. The molecular formula is C23H23N5O6. The van der Waals surface area contributed by atoms with Gasteiger partial charge in [0.05, 0.1) is 48.1 Å². The zero-order valence-electron chi connectivity index (χ0n) is 19.1. The number of hydrogen-bond donors (Lipinski definition) is 1. The second-order valence-corrected chi connectivity index (χ2v) is 7.54. The van der Waals surface area contributed by atoms with Crippen LogP contribution >= 0.6 is 0 Å². The summed E-state index contributed by atoms with van der Waals surface area (Å²) in [5.74, 6) is 0.813. The van der Waals surface area contributed by atoms with Crippen LogP contribution in [0, 0.1) is 17.0 Å². The SMILES string of the molecule is COc1cc(CCNC(=O)c2cc(-c3ccco3)nc3c2c(C)nn3C)c([N+](=O)[O-])cc1OC. The number of pyridine rings is 1. The fraction of sp³-hybridized carbons (Fsp3) is 0.261. The third-order valence-corrected chi connectivity index (χ3v) is 5.45. The minimum absolute atomic E-state index is 0.110. The van der Waals surface area contributed by atoms with Gasteiger partial charge in [-0.1, -0.05) is 0 Å². The summed E-state index contributed by atoms with van der Waals surface area (Å²) in [4.78, 5) is 28.8. The van der Waals surface area contributed by atoms with Gasteiger partial charge in [0.2, 0.25) is 0 Å². The van der Waals surface area contributed by atoms with Crippen molar-refractivity contribution in [3.05, 3.63) is 63.5 Å². The summed E-state index contributed by atoms with van der Waals surface area (Å²) in [6, 6.07) is 8.02. The molecule has 0 atom stereocenters. The van der Waals surface area contributed by atoms with E-state index in [1.807, 2.05) is 0 Å². The number of ether oxygens (including phenoxy) is 2. The molecule has 0 spiro atoms. The first-order chi connectivity index (χ1) is 16.3. The minimum atomic E-state index is -0.486. The van der Waals surface area contributed by atoms with Gasteiger partial charge in [-0.2, -0.15) is 5.10 Å². The van der Waals surface area contributed by atoms with Gasteiger partial charge in [0.1, 0.15) is 5.69 Å². The van der Waals surface area contributed by atoms with Crippen LogP contribution in [0.2, 0.25) is 0 Å². The predicted octanol–water partition coefficient (Wildman–Crippen LogP) is 3.43. The topological polar surface area (TPSA) is 135 Å². The molecule has 4 rings (SSSR count). The number of benzene rings is 1. The molecule has 11 nitrogen and oxygen atoms in total. The normalized spacial score (nSPS) is 10.9. The molecule has 0 aliphatic carbocycles. The third kappa shape index (κ3) is 4.15. The number of nitro benzene ring substituents is 1. The van der Waals surface area contributed by atoms with E-state index < -0.39 is 4.92 Å². The largest absolute Gasteiger partial charge is 0.493 e. The van der Waals surface area contributed by atoms with Gasteiger partial charge in [-0.25, -0.2) is 4.98 Å². The first kappa shape index (κ1) is 22.8. The van der Waals surface area contributed by atoms with Crippen LogP contribution in [0.15, 0.2) is 41.0 Å². The van der Waals surface area contributed by atoms with Crippen molar-refractivity contribution < 1.29 is 23.6 Å². The average Bonchev–Trinajstić information content (AvgIpc) is 3.46. The van der Waals surface area contributed by atoms with Crippen molar-refractivity contribution in [2.75, 3.05) is 20.8 Å². The molecule has 1 amide bonds. The Hall–Kier alpha value is -4.41. The van der Waals surface area contributed by atoms with Gasteiger partial charge < -0.3 is 19.2 Å². The number of methoxy groups -OCH3 is 2. The van der Waals surface area contributed by atoms with Crippen LogP contribution in [0.25, 0.3) is 22.5 Å². The third-order valence-electron chi connectivity index (χ3n) is 5.45. The Morgan fingerprint density at radius 2 is 1.97 bits per heavy atom. The lowest BCUT2D eigenvalue weighted by atomic mass is 10.1. The van der Waals surface area contributed by atoms with Gasteiger partial charge in [-0.3, -0.25) is 19.6 Å². The number of nitrogens with one attached hydrogen (secondary N) is 1. The molecule has 0 saturated carbocycles. The van der Waals surface area contributed by atoms with Crippen LogP contribution in [-0.2, 0) is 13.5 Å². The highest BCUT2D eigenvalue weighted by Crippen LogP contribution is 2.34. The number of nitro groups is 1. The maximum Gasteiger partial charge on any atom is 0.276 e. The highest BCUT2D eigenvalue weighted by molar-refractivity contribution is 6.07. The number of carbonyl (C=O) groups is 1. The van der Waals surface area contributed by atoms with Crippen LogP contribution < -0.4 is 14.8 Å². The lowest BCUT2D eigenvalue weighted by molar-refractivity contribution is -0.385. The molecule has 0 aliphatic rings. The molecule has 0 fully saturated rings. The number of hydrogen-bond acceptors (Lipinski definition) is 8. The summed E-state index contributed by atoms with van der Waals surface area (Å²) < 4.78 is 17.5. The Morgan fingerprint density at radius 3 is 2.62 bits per heavy atom. The lowest BCUT2D eigenvalue weighted by Gasteiger charge is -2.11. The van der Waals surface area contributed by atoms with Crippen LogP contribution in [0.4, 0.5) is 5.69 Å². The molecule has 11 heteroatoms. The van der Waals surface area contributed by atoms with E-state index in [2.05, 4.69) is 15.4 Å². The van der Waals surface area contributed by atoms with E-state index >= 15 is 0 Å². The van der Waals surface area contributed by atoms with Crippen molar-refractivity contribution in [2.45, 2.75) is 13.3 Å². The zero-order chi connectivity index (χ0) is 24.4. The summed E-state index contributed by atoms with van der Waals surface area (Å²) in [6.07, 6.45) is 1.75. The van der Waals surface area contributed by atoms with Crippen molar-refractivity contribution in [3.63, 3.8) is 0 Å². The van der Waals surface area contributed by atoms with E-state index in [1.54, 1.807) is 42.9 Å². The standard InChI is InChI=1S/C23H23N5O6/c1-13-21-15(11-16(18-6-5-9-34-18)25-22(21)27(2)26-13)23(29)24-8-7-14-10-19(32-3)20(33-4)12-17(14)28(30)31/h5-6,9-12H,7-8H2,1-4H3,(H,24,29). The van der Waals surface area contributed by atoms with Crippen LogP contribution in [0.1, 0.15) is 21.6 Å². The number of rotatable bonds is 8. The highest BCUT2D eigenvalue weighted by Gasteiger charge is 2.22. The molecule has 1 N–H and O–H groups in total. The average molecular weight is 465 g/mol. The molecule has 0 saturated heterocycles. The predicted molar refractivity (Wildman–Crippen MR) is 123 cm³/mol. The lowest BCUT2D eigenvalue weighted by Crippen LogP contribution is -2.26. The van der Waals surface area contributed by atoms with Crippen LogP contribution in [-0.4, -0.2) is 46.4 Å². The number of fused-ring (bicyclic) bond motifs is 1. The van der Waals surface area contributed by atoms with Crippen LogP contribution in [0.3, 0.4) is 0 Å². The van der Waals surface area contributed by atoms with Gasteiger partial charge in [-0.05, 0) is 37.6 Å². The summed E-state index contributed by atoms with van der Waals surface area (Å²) in [6.45, 7) is 1.97. The fourth-order valence-electron chi connectivity index (χ4n) is 3.86. The Morgan fingerprint density at radius 1 is 1.24 bits per heavy atom. The minimum Gasteiger partial charge on any atom is -0.493 e. The van der Waals surface area contributed by atoms with Gasteiger partial charge in [0.15, 0.2) is 22.9 Å². The maximum atomic E-state index is 13.2. The van der Waals surface area contributed by atoms with Gasteiger partial charge >= 0.3 is 0 Å². The smallest absolute Gasteiger partial charge is 0.276 e. The van der Waals surface area contributed by atoms with Crippen molar-refractivity contribution in [1.82, 2.24) is 20.1 Å². The molecule has 4 aromatic rings. The number of amides is 1. The summed E-state index contributed by atoms with van der Waals surface area (Å²) in [5, 5.41) is 19.4. The van der Waals surface area contributed by atoms with Crippen LogP contribution in [0.5, 0.6) is 11.5 Å². The number of aryl methyl sites for hydroxylation is 2. The maximum absolute atomic E-state index is 13.2. The molecule has 1 aromatic carbocycles. The first-order valence-corrected chi connectivity index (χ1v) is 10.4. The van der Waals surface area contributed by atoms with E-state index in [-0.39, 0.29) is 30.3 Å². The summed E-state index contributed by atoms with van der Waals surface area (Å²) >= 11 is 0. The molecular weight excluding hydrogens is 442 g/mol. The Bertz CT molecular complexity index is 1380. The molecule has 176 valence electrons. The molecule has 0 aliphatic heterocycles. The Labute approximate surface area is 194 Å². The van der Waals surface area contributed by atoms with Crippen molar-refractivity contribution in [2.24, 2.45) is 7.05 Å². The highest BCUT2D eigenvalue weighted by atomic mass is 16.6. The zero-order valence-corrected chi connectivity index (χ0v) is 19.1. The second-order valence-electron chi connectivity index (χ2n) is 7.54. The number of carbonyl (C=O) groups excluding carboxylic acids is 1. The van der Waals surface area contributed by atoms with E-state index in [1.165, 1.54) is 26.5 Å². The second kappa shape index (κ2) is 9.22. The number of nitrogens with zero attached hydrogens (tertiary/aromatic N) is 4. The van der Waals surface area contributed by atoms with Gasteiger partial charge in [-0.15, -0.1) is 0 Å². The van der Waals surface area contributed by atoms with Gasteiger partial charge in [0.25, 0.3) is 11.6 Å². The monoisotopic (exact) mass is 465 g/mol. The van der Waals surface area contributed by atoms with Gasteiger partial charge in [0, 0.05) is 19.2 Å². The molecule has 0 unspecified atom stereocenters. The fourth-order valence-corrected chi connectivity index (χ4v) is 3.86. The molecule has 3 heterocycles. The van der Waals surface area contributed by atoms with E-state index in [0.717, 1.165) is 0 Å². The number of furan rings is 1. The Kier molecular flexibility index (Phi) is 6.17. The summed E-state index contributed by atoms with van der Waals surface area (Å²) in [7, 11) is 4.62. The van der Waals surface area contributed by atoms with Crippen molar-refractivity contribution in [1.29, 1.82) is 0 Å². The Balaban J connectivity index is 1.62. The van der Waals surface area contributed by atoms with E-state index in [4.69, 9.17) is 13.9 Å². The molecule has 0 bridgehead atoms. The van der Waals surface area contributed by atoms with Crippen molar-refractivity contribution >= 4 is 22.6 Å². The van der Waals surface area contributed by atoms with E-state index in [0.29, 0.717) is 45.1 Å². The summed E-state index contributed by atoms with van der Waals surface area (Å²) in [5.41, 5.74) is 2.41. The molecule has 0 radical (unpaired) electrons. The van der Waals surface area contributed by atoms with E-state index in [9.17, 15) is 14.9 Å².